The van der Waals surface area contributed by atoms with E-state index in [1.165, 1.54) is 11.3 Å². The first-order valence-corrected chi connectivity index (χ1v) is 12.7. The molecular formula is C27H23N7O3S. The number of phenols is 1. The van der Waals surface area contributed by atoms with E-state index < -0.39 is 0 Å². The van der Waals surface area contributed by atoms with Gasteiger partial charge in [0.05, 0.1) is 35.6 Å². The topological polar surface area (TPSA) is 130 Å². The number of carbonyl (C=O) groups is 1. The third-order valence-electron chi connectivity index (χ3n) is 6.13. The average Bonchev–Trinajstić information content (AvgIpc) is 3.61. The highest BCUT2D eigenvalue weighted by Crippen LogP contribution is 2.35. The Kier molecular flexibility index (Phi) is 5.97. The second-order valence-corrected chi connectivity index (χ2v) is 9.86. The molecule has 0 bridgehead atoms. The third-order valence-corrected chi connectivity index (χ3v) is 6.97. The smallest absolute Gasteiger partial charge is 0.251 e. The van der Waals surface area contributed by atoms with Gasteiger partial charge in [-0.2, -0.15) is 5.10 Å². The van der Waals surface area contributed by atoms with Crippen molar-refractivity contribution < 1.29 is 14.6 Å². The minimum Gasteiger partial charge on any atom is -0.507 e. The van der Waals surface area contributed by atoms with E-state index in [9.17, 15) is 9.90 Å². The van der Waals surface area contributed by atoms with Gasteiger partial charge in [-0.05, 0) is 55.0 Å². The number of carbonyl (C=O) groups excluding carboxylic acids is 1. The fraction of sp³-hybridized carbons (Fsp3) is 0.148. The molecule has 6 aromatic rings. The number of H-pyrrole nitrogens is 1. The number of hydrogen-bond donors (Lipinski definition) is 3. The van der Waals surface area contributed by atoms with Crippen molar-refractivity contribution in [1.29, 1.82) is 0 Å². The van der Waals surface area contributed by atoms with E-state index in [0.717, 1.165) is 32.3 Å². The van der Waals surface area contributed by atoms with Crippen LogP contribution in [0.3, 0.4) is 0 Å². The molecule has 0 aliphatic carbocycles. The van der Waals surface area contributed by atoms with Crippen LogP contribution in [-0.4, -0.2) is 54.2 Å². The van der Waals surface area contributed by atoms with Gasteiger partial charge in [-0.15, -0.1) is 0 Å². The normalized spacial score (nSPS) is 11.3. The van der Waals surface area contributed by atoms with Crippen molar-refractivity contribution in [3.05, 3.63) is 77.2 Å². The van der Waals surface area contributed by atoms with Crippen LogP contribution in [0.25, 0.3) is 38.5 Å². The van der Waals surface area contributed by atoms with E-state index in [2.05, 4.69) is 30.4 Å². The lowest BCUT2D eigenvalue weighted by Gasteiger charge is -2.09. The van der Waals surface area contributed by atoms with Gasteiger partial charge in [0.2, 0.25) is 10.8 Å². The van der Waals surface area contributed by atoms with Crippen molar-refractivity contribution in [2.45, 2.75) is 13.3 Å². The number of nitrogens with one attached hydrogen (secondary N) is 2. The maximum atomic E-state index is 12.8. The number of hydrogen-bond acceptors (Lipinski definition) is 8. The van der Waals surface area contributed by atoms with E-state index in [0.29, 0.717) is 41.3 Å². The molecule has 0 unspecified atom stereocenters. The van der Waals surface area contributed by atoms with E-state index >= 15 is 0 Å². The molecule has 38 heavy (non-hydrogen) atoms. The summed E-state index contributed by atoms with van der Waals surface area (Å²) in [5.41, 5.74) is 4.90. The molecule has 4 heterocycles. The van der Waals surface area contributed by atoms with Crippen molar-refractivity contribution >= 4 is 33.2 Å². The summed E-state index contributed by atoms with van der Waals surface area (Å²) in [6.45, 7) is 2.39. The molecule has 11 heteroatoms. The van der Waals surface area contributed by atoms with Crippen molar-refractivity contribution in [3.63, 3.8) is 0 Å². The lowest BCUT2D eigenvalue weighted by atomic mass is 10.0. The number of methoxy groups -OCH3 is 1. The first-order valence-electron chi connectivity index (χ1n) is 11.9. The van der Waals surface area contributed by atoms with Gasteiger partial charge in [0, 0.05) is 30.3 Å². The summed E-state index contributed by atoms with van der Waals surface area (Å²) in [5, 5.41) is 18.9. The minimum absolute atomic E-state index is 0.0816. The fourth-order valence-corrected chi connectivity index (χ4v) is 5.06. The average molecular weight is 526 g/mol. The van der Waals surface area contributed by atoms with Gasteiger partial charge in [0.25, 0.3) is 5.91 Å². The molecule has 2 aromatic carbocycles. The van der Waals surface area contributed by atoms with E-state index in [4.69, 9.17) is 4.74 Å². The van der Waals surface area contributed by atoms with E-state index in [1.807, 2.05) is 37.4 Å². The van der Waals surface area contributed by atoms with Crippen LogP contribution in [0.2, 0.25) is 0 Å². The monoisotopic (exact) mass is 525 g/mol. The zero-order chi connectivity index (χ0) is 26.2. The quantitative estimate of drug-likeness (QED) is 0.282. The third kappa shape index (κ3) is 4.43. The number of fused-ring (bicyclic) bond motifs is 2. The number of aromatic amines is 1. The van der Waals surface area contributed by atoms with Crippen LogP contribution < -0.4 is 10.1 Å². The van der Waals surface area contributed by atoms with Gasteiger partial charge < -0.3 is 20.1 Å². The Balaban J connectivity index is 1.20. The number of ether oxygens (including phenoxy) is 1. The Morgan fingerprint density at radius 1 is 1.16 bits per heavy atom. The van der Waals surface area contributed by atoms with Gasteiger partial charge in [0.1, 0.15) is 16.6 Å². The summed E-state index contributed by atoms with van der Waals surface area (Å²) >= 11 is 1.53. The molecule has 4 aromatic heterocycles. The van der Waals surface area contributed by atoms with E-state index in [-0.39, 0.29) is 11.7 Å². The molecule has 10 nitrogen and oxygen atoms in total. The first-order chi connectivity index (χ1) is 18.5. The molecule has 0 saturated carbocycles. The van der Waals surface area contributed by atoms with Crippen molar-refractivity contribution in [3.8, 4) is 34.1 Å². The standard InChI is InChI=1S/C27H23N7O3S/c1-15-33-34-14-18(30-27(34)38-15)9-11-28-25(36)17-5-7-21-22(13-17)32-24(31-21)20-12-16(6-8-23(20)35)19-4-3-10-29-26(19)37-2/h3-8,10,12-14,35H,9,11H2,1-2H3,(H,28,36)(H,31,32). The number of phenolic OH excluding ortho intramolecular Hbond substituents is 1. The maximum Gasteiger partial charge on any atom is 0.251 e. The highest BCUT2D eigenvalue weighted by molar-refractivity contribution is 7.16. The molecule has 0 aliphatic rings. The summed E-state index contributed by atoms with van der Waals surface area (Å²) in [5.74, 6) is 0.866. The number of benzene rings is 2. The van der Waals surface area contributed by atoms with Crippen molar-refractivity contribution in [1.82, 2.24) is 34.9 Å². The van der Waals surface area contributed by atoms with Gasteiger partial charge in [-0.1, -0.05) is 17.4 Å². The van der Waals surface area contributed by atoms with Crippen molar-refractivity contribution in [2.75, 3.05) is 13.7 Å². The van der Waals surface area contributed by atoms with E-state index in [1.54, 1.807) is 42.1 Å². The number of aromatic hydroxyl groups is 1. The van der Waals surface area contributed by atoms with Crippen LogP contribution in [0.15, 0.2) is 60.9 Å². The molecule has 0 saturated heterocycles. The minimum atomic E-state index is -0.194. The number of aryl methyl sites for hydroxylation is 1. The fourth-order valence-electron chi connectivity index (χ4n) is 4.31. The molecule has 0 atom stereocenters. The Bertz CT molecular complexity index is 1770. The van der Waals surface area contributed by atoms with Crippen LogP contribution in [0.5, 0.6) is 11.6 Å². The summed E-state index contributed by atoms with van der Waals surface area (Å²) in [6.07, 6.45) is 4.15. The number of nitrogens with zero attached hydrogens (tertiary/aromatic N) is 5. The largest absolute Gasteiger partial charge is 0.507 e. The highest BCUT2D eigenvalue weighted by atomic mass is 32.1. The second-order valence-electron chi connectivity index (χ2n) is 8.70. The van der Waals surface area contributed by atoms with Crippen LogP contribution in [0.1, 0.15) is 21.1 Å². The Hall–Kier alpha value is -4.77. The molecule has 1 amide bonds. The SMILES string of the molecule is COc1ncccc1-c1ccc(O)c(-c2nc3cc(C(=O)NCCc4cn5nc(C)sc5n4)ccc3[nH]2)c1. The molecular weight excluding hydrogens is 502 g/mol. The van der Waals surface area contributed by atoms with Crippen LogP contribution >= 0.6 is 11.3 Å². The zero-order valence-corrected chi connectivity index (χ0v) is 21.4. The summed E-state index contributed by atoms with van der Waals surface area (Å²) in [4.78, 5) is 30.3. The molecule has 190 valence electrons. The number of imidazole rings is 2. The molecule has 0 spiro atoms. The summed E-state index contributed by atoms with van der Waals surface area (Å²) in [6, 6.07) is 14.3. The van der Waals surface area contributed by atoms with Gasteiger partial charge >= 0.3 is 0 Å². The number of aromatic nitrogens is 6. The number of pyridine rings is 1. The maximum absolute atomic E-state index is 12.8. The Morgan fingerprint density at radius 3 is 2.89 bits per heavy atom. The highest BCUT2D eigenvalue weighted by Gasteiger charge is 2.15. The molecule has 6 rings (SSSR count). The lowest BCUT2D eigenvalue weighted by Crippen LogP contribution is -2.25. The first kappa shape index (κ1) is 23.6. The van der Waals surface area contributed by atoms with Gasteiger partial charge in [0.15, 0.2) is 0 Å². The summed E-state index contributed by atoms with van der Waals surface area (Å²) < 4.78 is 7.15. The zero-order valence-electron chi connectivity index (χ0n) is 20.6. The molecule has 0 aliphatic heterocycles. The molecule has 3 N–H and O–H groups in total. The van der Waals surface area contributed by atoms with Crippen LogP contribution in [0, 0.1) is 6.92 Å². The van der Waals surface area contributed by atoms with Gasteiger partial charge in [-0.25, -0.2) is 19.5 Å². The number of amides is 1. The Morgan fingerprint density at radius 2 is 2.05 bits per heavy atom. The number of rotatable bonds is 7. The molecule has 0 radical (unpaired) electrons. The van der Waals surface area contributed by atoms with Crippen LogP contribution in [-0.2, 0) is 6.42 Å². The molecule has 0 fully saturated rings. The second kappa shape index (κ2) is 9.60. The predicted octanol–water partition coefficient (Wildman–Crippen LogP) is 4.39. The van der Waals surface area contributed by atoms with Crippen molar-refractivity contribution in [2.24, 2.45) is 0 Å². The van der Waals surface area contributed by atoms with Crippen LogP contribution in [0.4, 0.5) is 0 Å². The summed E-state index contributed by atoms with van der Waals surface area (Å²) in [7, 11) is 1.57. The van der Waals surface area contributed by atoms with Gasteiger partial charge in [-0.3, -0.25) is 4.79 Å². The predicted molar refractivity (Wildman–Crippen MR) is 145 cm³/mol. The lowest BCUT2D eigenvalue weighted by molar-refractivity contribution is 0.0954. The Labute approximate surface area is 221 Å².